The van der Waals surface area contributed by atoms with Gasteiger partial charge in [0.1, 0.15) is 15.7 Å². The molecular weight excluding hydrogens is 301 g/mol. The Bertz CT molecular complexity index is 713. The summed E-state index contributed by atoms with van der Waals surface area (Å²) in [6, 6.07) is 6.28. The standard InChI is InChI=1S/C12H14FN3O2S2/c1-2-20(17,18)10-11(14)16-19-12(10)15-7-8-5-3-4-6-9(8)13/h3-6,15H,2,7H2,1H3,(H2,14,16). The van der Waals surface area contributed by atoms with E-state index in [0.29, 0.717) is 10.6 Å². The van der Waals surface area contributed by atoms with Gasteiger partial charge in [0.2, 0.25) is 0 Å². The van der Waals surface area contributed by atoms with Gasteiger partial charge in [0.05, 0.1) is 5.75 Å². The van der Waals surface area contributed by atoms with Crippen molar-refractivity contribution >= 4 is 32.2 Å². The van der Waals surface area contributed by atoms with Gasteiger partial charge in [-0.25, -0.2) is 12.8 Å². The highest BCUT2D eigenvalue weighted by Crippen LogP contribution is 2.32. The third-order valence-corrected chi connectivity index (χ3v) is 5.51. The molecule has 0 fully saturated rings. The van der Waals surface area contributed by atoms with Crippen LogP contribution in [0.2, 0.25) is 0 Å². The summed E-state index contributed by atoms with van der Waals surface area (Å²) in [5.41, 5.74) is 6.05. The van der Waals surface area contributed by atoms with Crippen molar-refractivity contribution in [1.29, 1.82) is 0 Å². The monoisotopic (exact) mass is 315 g/mol. The first-order valence-electron chi connectivity index (χ1n) is 5.91. The smallest absolute Gasteiger partial charge is 0.184 e. The maximum Gasteiger partial charge on any atom is 0.184 e. The zero-order valence-corrected chi connectivity index (χ0v) is 12.4. The number of anilines is 2. The zero-order valence-electron chi connectivity index (χ0n) is 10.8. The van der Waals surface area contributed by atoms with Crippen LogP contribution < -0.4 is 11.1 Å². The first-order chi connectivity index (χ1) is 9.45. The summed E-state index contributed by atoms with van der Waals surface area (Å²) in [6.45, 7) is 1.70. The van der Waals surface area contributed by atoms with Crippen molar-refractivity contribution < 1.29 is 12.8 Å². The van der Waals surface area contributed by atoms with Crippen molar-refractivity contribution in [2.75, 3.05) is 16.8 Å². The molecule has 1 heterocycles. The third-order valence-electron chi connectivity index (χ3n) is 2.76. The second-order valence-electron chi connectivity index (χ2n) is 4.07. The average molecular weight is 315 g/mol. The molecular formula is C12H14FN3O2S2. The van der Waals surface area contributed by atoms with E-state index in [1.54, 1.807) is 18.2 Å². The Morgan fingerprint density at radius 3 is 2.75 bits per heavy atom. The maximum atomic E-state index is 13.5. The highest BCUT2D eigenvalue weighted by Gasteiger charge is 2.23. The first-order valence-corrected chi connectivity index (χ1v) is 8.33. The summed E-state index contributed by atoms with van der Waals surface area (Å²) in [4.78, 5) is 0.00124. The minimum absolute atomic E-state index is 0.00124. The molecule has 0 amide bonds. The lowest BCUT2D eigenvalue weighted by molar-refractivity contribution is 0.598. The Kier molecular flexibility index (Phi) is 4.24. The van der Waals surface area contributed by atoms with Crippen LogP contribution >= 0.6 is 11.5 Å². The van der Waals surface area contributed by atoms with Crippen LogP contribution in [0.4, 0.5) is 15.2 Å². The molecule has 1 aromatic carbocycles. The van der Waals surface area contributed by atoms with Crippen LogP contribution in [0.5, 0.6) is 0 Å². The third kappa shape index (κ3) is 2.91. The van der Waals surface area contributed by atoms with Crippen LogP contribution in [0.15, 0.2) is 29.2 Å². The summed E-state index contributed by atoms with van der Waals surface area (Å²) in [5, 5.41) is 3.23. The van der Waals surface area contributed by atoms with Gasteiger partial charge in [0, 0.05) is 12.1 Å². The van der Waals surface area contributed by atoms with Gasteiger partial charge in [-0.05, 0) is 17.6 Å². The number of nitrogens with one attached hydrogen (secondary N) is 1. The number of sulfone groups is 1. The molecule has 0 atom stereocenters. The van der Waals surface area contributed by atoms with Crippen LogP contribution in [0, 0.1) is 5.82 Å². The van der Waals surface area contributed by atoms with Crippen LogP contribution in [-0.4, -0.2) is 18.5 Å². The lowest BCUT2D eigenvalue weighted by Gasteiger charge is -2.07. The predicted molar refractivity (Wildman–Crippen MR) is 78.0 cm³/mol. The van der Waals surface area contributed by atoms with Crippen LogP contribution in [0.1, 0.15) is 12.5 Å². The van der Waals surface area contributed by atoms with Gasteiger partial charge in [-0.15, -0.1) is 0 Å². The SMILES string of the molecule is CCS(=O)(=O)c1c(N)nsc1NCc1ccccc1F. The van der Waals surface area contributed by atoms with Crippen LogP contribution in [0.25, 0.3) is 0 Å². The topological polar surface area (TPSA) is 85.1 Å². The summed E-state index contributed by atoms with van der Waals surface area (Å²) in [5.74, 6) is -0.436. The Balaban J connectivity index is 2.26. The number of benzene rings is 1. The molecule has 0 aliphatic rings. The van der Waals surface area contributed by atoms with Crippen molar-refractivity contribution in [2.24, 2.45) is 0 Å². The van der Waals surface area contributed by atoms with E-state index in [4.69, 9.17) is 5.73 Å². The summed E-state index contributed by atoms with van der Waals surface area (Å²) >= 11 is 0.956. The highest BCUT2D eigenvalue weighted by atomic mass is 32.2. The van der Waals surface area contributed by atoms with E-state index in [9.17, 15) is 12.8 Å². The summed E-state index contributed by atoms with van der Waals surface area (Å²) < 4.78 is 41.3. The first kappa shape index (κ1) is 14.7. The predicted octanol–water partition coefficient (Wildman–Crippen LogP) is 2.27. The van der Waals surface area contributed by atoms with Gasteiger partial charge in [-0.3, -0.25) is 0 Å². The molecule has 0 radical (unpaired) electrons. The van der Waals surface area contributed by atoms with E-state index in [-0.39, 0.29) is 28.8 Å². The van der Waals surface area contributed by atoms with Gasteiger partial charge in [0.15, 0.2) is 15.7 Å². The Hall–Kier alpha value is -1.67. The van der Waals surface area contributed by atoms with E-state index in [1.807, 2.05) is 0 Å². The van der Waals surface area contributed by atoms with Crippen molar-refractivity contribution in [3.05, 3.63) is 35.6 Å². The number of nitrogens with zero attached hydrogens (tertiary/aromatic N) is 1. The van der Waals surface area contributed by atoms with Crippen molar-refractivity contribution in [2.45, 2.75) is 18.4 Å². The number of nitrogen functional groups attached to an aromatic ring is 1. The molecule has 0 aliphatic carbocycles. The molecule has 1 aromatic heterocycles. The van der Waals surface area contributed by atoms with Crippen LogP contribution in [-0.2, 0) is 16.4 Å². The summed E-state index contributed by atoms with van der Waals surface area (Å²) in [7, 11) is -3.46. The molecule has 0 unspecified atom stereocenters. The molecule has 5 nitrogen and oxygen atoms in total. The molecule has 20 heavy (non-hydrogen) atoms. The van der Waals surface area contributed by atoms with Gasteiger partial charge in [-0.2, -0.15) is 4.37 Å². The van der Waals surface area contributed by atoms with Crippen molar-refractivity contribution in [1.82, 2.24) is 4.37 Å². The second kappa shape index (κ2) is 5.76. The van der Waals surface area contributed by atoms with E-state index >= 15 is 0 Å². The molecule has 0 saturated heterocycles. The number of hydrogen-bond donors (Lipinski definition) is 2. The Morgan fingerprint density at radius 1 is 1.40 bits per heavy atom. The quantitative estimate of drug-likeness (QED) is 0.884. The lowest BCUT2D eigenvalue weighted by Crippen LogP contribution is -2.09. The van der Waals surface area contributed by atoms with E-state index in [2.05, 4.69) is 9.69 Å². The number of halogens is 1. The van der Waals surface area contributed by atoms with Gasteiger partial charge in [0.25, 0.3) is 0 Å². The molecule has 3 N–H and O–H groups in total. The van der Waals surface area contributed by atoms with Crippen molar-refractivity contribution in [3.63, 3.8) is 0 Å². The zero-order chi connectivity index (χ0) is 14.8. The molecule has 0 bridgehead atoms. The van der Waals surface area contributed by atoms with Gasteiger partial charge >= 0.3 is 0 Å². The summed E-state index contributed by atoms with van der Waals surface area (Å²) in [6.07, 6.45) is 0. The maximum absolute atomic E-state index is 13.5. The van der Waals surface area contributed by atoms with E-state index < -0.39 is 9.84 Å². The van der Waals surface area contributed by atoms with Gasteiger partial charge in [-0.1, -0.05) is 25.1 Å². The second-order valence-corrected chi connectivity index (χ2v) is 7.06. The fourth-order valence-corrected chi connectivity index (χ4v) is 3.83. The highest BCUT2D eigenvalue weighted by molar-refractivity contribution is 7.91. The minimum Gasteiger partial charge on any atom is -0.382 e. The Morgan fingerprint density at radius 2 is 2.10 bits per heavy atom. The van der Waals surface area contributed by atoms with E-state index in [1.165, 1.54) is 13.0 Å². The lowest BCUT2D eigenvalue weighted by atomic mass is 10.2. The van der Waals surface area contributed by atoms with E-state index in [0.717, 1.165) is 11.5 Å². The number of nitrogens with two attached hydrogens (primary N) is 1. The number of rotatable bonds is 5. The normalized spacial score (nSPS) is 11.5. The molecule has 0 aliphatic heterocycles. The number of hydrogen-bond acceptors (Lipinski definition) is 6. The number of aromatic nitrogens is 1. The Labute approximate surface area is 120 Å². The molecule has 0 spiro atoms. The molecule has 2 rings (SSSR count). The van der Waals surface area contributed by atoms with Crippen LogP contribution in [0.3, 0.4) is 0 Å². The molecule has 2 aromatic rings. The molecule has 108 valence electrons. The molecule has 8 heteroatoms. The molecule has 0 saturated carbocycles. The van der Waals surface area contributed by atoms with Crippen molar-refractivity contribution in [3.8, 4) is 0 Å². The average Bonchev–Trinajstić information content (AvgIpc) is 2.80. The van der Waals surface area contributed by atoms with Gasteiger partial charge < -0.3 is 11.1 Å². The fourth-order valence-electron chi connectivity index (χ4n) is 1.67. The minimum atomic E-state index is -3.46. The largest absolute Gasteiger partial charge is 0.382 e. The fraction of sp³-hybridized carbons (Fsp3) is 0.250.